The molecule has 3 N–H and O–H groups in total. The molecule has 0 spiro atoms. The Hall–Kier alpha value is -4.01. The summed E-state index contributed by atoms with van der Waals surface area (Å²) in [5.41, 5.74) is 0.550. The molecule has 190 valence electrons. The van der Waals surface area contributed by atoms with E-state index in [1.165, 1.54) is 36.1 Å². The molecule has 15 heteroatoms. The van der Waals surface area contributed by atoms with Crippen molar-refractivity contribution in [2.75, 3.05) is 50.0 Å². The predicted molar refractivity (Wildman–Crippen MR) is 127 cm³/mol. The maximum absolute atomic E-state index is 12.4. The van der Waals surface area contributed by atoms with Gasteiger partial charge in [-0.3, -0.25) is 9.78 Å². The van der Waals surface area contributed by atoms with Gasteiger partial charge in [-0.1, -0.05) is 11.3 Å². The molecule has 1 aliphatic heterocycles. The zero-order valence-electron chi connectivity index (χ0n) is 19.0. The van der Waals surface area contributed by atoms with Gasteiger partial charge < -0.3 is 25.8 Å². The Balaban J connectivity index is 1.40. The third-order valence-corrected chi connectivity index (χ3v) is 6.19. The summed E-state index contributed by atoms with van der Waals surface area (Å²) in [5, 5.41) is 8.08. The van der Waals surface area contributed by atoms with Crippen LogP contribution in [-0.4, -0.2) is 82.7 Å². The van der Waals surface area contributed by atoms with Crippen molar-refractivity contribution in [3.8, 4) is 10.4 Å². The molecule has 0 radical (unpaired) electrons. The Labute approximate surface area is 207 Å². The van der Waals surface area contributed by atoms with Crippen LogP contribution in [0.4, 0.5) is 34.7 Å². The number of aromatic nitrogens is 4. The molecule has 36 heavy (non-hydrogen) atoms. The second-order valence-corrected chi connectivity index (χ2v) is 8.74. The van der Waals surface area contributed by atoms with Crippen molar-refractivity contribution in [2.45, 2.75) is 6.18 Å². The Bertz CT molecular complexity index is 1230. The number of anilines is 3. The van der Waals surface area contributed by atoms with Crippen LogP contribution in [0.3, 0.4) is 0 Å². The standard InChI is InChI=1S/C21H22F3N9O2S/c1-25-20(35)33-4-2-32(3-5-33)17-7-16(29-12-30-17)31-19-27-10-15(36-19)13-6-14(9-26-8-13)18(34)28-11-21(22,23)24/h6-10,12H,2-5,11H2,1H3,(H,25,35)(H,28,34)(H,27,29,30,31). The van der Waals surface area contributed by atoms with Crippen LogP contribution in [0.5, 0.6) is 0 Å². The molecule has 4 heterocycles. The Kier molecular flexibility index (Phi) is 7.47. The van der Waals surface area contributed by atoms with Crippen LogP contribution in [0.2, 0.25) is 0 Å². The molecule has 0 aliphatic carbocycles. The number of thiazole rings is 1. The molecule has 0 unspecified atom stereocenters. The van der Waals surface area contributed by atoms with Gasteiger partial charge in [-0.05, 0) is 6.07 Å². The van der Waals surface area contributed by atoms with E-state index in [2.05, 4.69) is 35.5 Å². The van der Waals surface area contributed by atoms with Gasteiger partial charge in [0.25, 0.3) is 5.91 Å². The molecule has 4 rings (SSSR count). The number of urea groups is 1. The lowest BCUT2D eigenvalue weighted by atomic mass is 10.2. The Morgan fingerprint density at radius 2 is 1.83 bits per heavy atom. The molecule has 3 aromatic rings. The number of nitrogens with one attached hydrogen (secondary N) is 3. The topological polar surface area (TPSA) is 128 Å². The van der Waals surface area contributed by atoms with Gasteiger partial charge in [-0.25, -0.2) is 19.7 Å². The van der Waals surface area contributed by atoms with E-state index in [-0.39, 0.29) is 11.6 Å². The zero-order chi connectivity index (χ0) is 25.7. The quantitative estimate of drug-likeness (QED) is 0.452. The highest BCUT2D eigenvalue weighted by Gasteiger charge is 2.28. The summed E-state index contributed by atoms with van der Waals surface area (Å²) in [4.78, 5) is 45.1. The van der Waals surface area contributed by atoms with Crippen molar-refractivity contribution in [2.24, 2.45) is 0 Å². The number of amides is 3. The maximum Gasteiger partial charge on any atom is 0.405 e. The van der Waals surface area contributed by atoms with Crippen molar-refractivity contribution >= 4 is 40.0 Å². The predicted octanol–water partition coefficient (Wildman–Crippen LogP) is 2.49. The lowest BCUT2D eigenvalue weighted by Gasteiger charge is -2.35. The van der Waals surface area contributed by atoms with Crippen LogP contribution < -0.4 is 20.9 Å². The van der Waals surface area contributed by atoms with Crippen molar-refractivity contribution < 1.29 is 22.8 Å². The number of carbonyl (C=O) groups excluding carboxylic acids is 2. The fourth-order valence-corrected chi connectivity index (χ4v) is 4.25. The van der Waals surface area contributed by atoms with E-state index < -0.39 is 18.6 Å². The number of carbonyl (C=O) groups is 2. The third kappa shape index (κ3) is 6.35. The largest absolute Gasteiger partial charge is 0.405 e. The minimum atomic E-state index is -4.50. The fraction of sp³-hybridized carbons (Fsp3) is 0.333. The highest BCUT2D eigenvalue weighted by atomic mass is 32.1. The van der Waals surface area contributed by atoms with Gasteiger partial charge in [-0.2, -0.15) is 13.2 Å². The van der Waals surface area contributed by atoms with Gasteiger partial charge in [0.1, 0.15) is 24.5 Å². The van der Waals surface area contributed by atoms with Gasteiger partial charge in [-0.15, -0.1) is 0 Å². The van der Waals surface area contributed by atoms with Crippen LogP contribution in [0.15, 0.2) is 37.1 Å². The monoisotopic (exact) mass is 521 g/mol. The highest BCUT2D eigenvalue weighted by molar-refractivity contribution is 7.18. The fourth-order valence-electron chi connectivity index (χ4n) is 3.44. The van der Waals surface area contributed by atoms with Gasteiger partial charge in [0, 0.05) is 63.4 Å². The summed E-state index contributed by atoms with van der Waals surface area (Å²) in [7, 11) is 1.60. The minimum absolute atomic E-state index is 0.0108. The molecule has 3 aromatic heterocycles. The second kappa shape index (κ2) is 10.7. The third-order valence-electron chi connectivity index (χ3n) is 5.23. The van der Waals surface area contributed by atoms with Crippen molar-refractivity contribution in [1.82, 2.24) is 35.5 Å². The summed E-state index contributed by atoms with van der Waals surface area (Å²) >= 11 is 1.27. The van der Waals surface area contributed by atoms with Gasteiger partial charge in [0.15, 0.2) is 5.13 Å². The Morgan fingerprint density at radius 1 is 1.06 bits per heavy atom. The molecule has 1 fully saturated rings. The Morgan fingerprint density at radius 3 is 2.56 bits per heavy atom. The van der Waals surface area contributed by atoms with Gasteiger partial charge in [0.2, 0.25) is 0 Å². The van der Waals surface area contributed by atoms with E-state index in [0.717, 1.165) is 0 Å². The summed E-state index contributed by atoms with van der Waals surface area (Å²) < 4.78 is 37.1. The average molecular weight is 522 g/mol. The number of hydrogen-bond acceptors (Lipinski definition) is 9. The number of nitrogens with zero attached hydrogens (tertiary/aromatic N) is 6. The summed E-state index contributed by atoms with van der Waals surface area (Å²) in [6, 6.07) is 3.13. The molecule has 0 atom stereocenters. The van der Waals surface area contributed by atoms with Crippen molar-refractivity contribution in [3.05, 3.63) is 42.6 Å². The minimum Gasteiger partial charge on any atom is -0.353 e. The SMILES string of the molecule is CNC(=O)N1CCN(c2cc(Nc3ncc(-c4cncc(C(=O)NCC(F)(F)F)c4)s3)ncn2)CC1. The van der Waals surface area contributed by atoms with Crippen molar-refractivity contribution in [3.63, 3.8) is 0 Å². The molecular weight excluding hydrogens is 499 g/mol. The first-order valence-corrected chi connectivity index (χ1v) is 11.6. The lowest BCUT2D eigenvalue weighted by molar-refractivity contribution is -0.123. The van der Waals surface area contributed by atoms with Crippen molar-refractivity contribution in [1.29, 1.82) is 0 Å². The highest BCUT2D eigenvalue weighted by Crippen LogP contribution is 2.31. The van der Waals surface area contributed by atoms with Crippen LogP contribution in [0.25, 0.3) is 10.4 Å². The average Bonchev–Trinajstić information content (AvgIpc) is 3.35. The lowest BCUT2D eigenvalue weighted by Crippen LogP contribution is -2.51. The van der Waals surface area contributed by atoms with Crippen LogP contribution in [0.1, 0.15) is 10.4 Å². The number of hydrogen-bond donors (Lipinski definition) is 3. The molecule has 0 saturated carbocycles. The van der Waals surface area contributed by atoms with E-state index in [9.17, 15) is 22.8 Å². The molecule has 0 bridgehead atoms. The van der Waals surface area contributed by atoms with Gasteiger partial charge in [0.05, 0.1) is 10.4 Å². The van der Waals surface area contributed by atoms with E-state index in [0.29, 0.717) is 53.4 Å². The summed E-state index contributed by atoms with van der Waals surface area (Å²) in [6.45, 7) is 0.985. The first kappa shape index (κ1) is 25.1. The number of halogens is 3. The zero-order valence-corrected chi connectivity index (χ0v) is 19.9. The number of rotatable bonds is 6. The van der Waals surface area contributed by atoms with Crippen LogP contribution in [0, 0.1) is 0 Å². The van der Waals surface area contributed by atoms with E-state index in [4.69, 9.17) is 0 Å². The first-order valence-electron chi connectivity index (χ1n) is 10.8. The smallest absolute Gasteiger partial charge is 0.353 e. The van der Waals surface area contributed by atoms with E-state index >= 15 is 0 Å². The summed E-state index contributed by atoms with van der Waals surface area (Å²) in [6.07, 6.45) is 1.21. The maximum atomic E-state index is 12.4. The summed E-state index contributed by atoms with van der Waals surface area (Å²) in [5.74, 6) is 0.366. The number of alkyl halides is 3. The molecule has 0 aromatic carbocycles. The van der Waals surface area contributed by atoms with E-state index in [1.54, 1.807) is 24.2 Å². The first-order chi connectivity index (χ1) is 17.2. The molecule has 1 aliphatic rings. The number of pyridine rings is 1. The van der Waals surface area contributed by atoms with Crippen LogP contribution >= 0.6 is 11.3 Å². The van der Waals surface area contributed by atoms with Crippen LogP contribution in [-0.2, 0) is 0 Å². The molecular formula is C21H22F3N9O2S. The normalized spacial score (nSPS) is 13.9. The number of piperazine rings is 1. The van der Waals surface area contributed by atoms with E-state index in [1.807, 2.05) is 5.32 Å². The second-order valence-electron chi connectivity index (χ2n) is 7.71. The molecule has 11 nitrogen and oxygen atoms in total. The molecule has 1 saturated heterocycles. The molecule has 3 amide bonds. The van der Waals surface area contributed by atoms with Gasteiger partial charge >= 0.3 is 12.2 Å².